The van der Waals surface area contributed by atoms with Gasteiger partial charge in [-0.1, -0.05) is 13.8 Å². The lowest BCUT2D eigenvalue weighted by Crippen LogP contribution is -2.34. The maximum atomic E-state index is 11.1. The zero-order chi connectivity index (χ0) is 10.6. The van der Waals surface area contributed by atoms with Crippen LogP contribution in [0.1, 0.15) is 33.1 Å². The summed E-state index contributed by atoms with van der Waals surface area (Å²) >= 11 is 0. The lowest BCUT2D eigenvalue weighted by Gasteiger charge is -2.17. The number of hydrogen-bond acceptors (Lipinski definition) is 3. The zero-order valence-corrected chi connectivity index (χ0v) is 8.88. The van der Waals surface area contributed by atoms with Gasteiger partial charge in [0, 0.05) is 6.04 Å². The van der Waals surface area contributed by atoms with Crippen LogP contribution < -0.4 is 5.32 Å². The number of alkyl carbamates (subject to hydrolysis) is 1. The third-order valence-corrected chi connectivity index (χ3v) is 2.61. The van der Waals surface area contributed by atoms with E-state index in [1.165, 1.54) is 0 Å². The molecular weight excluding hydrogens is 182 g/mol. The van der Waals surface area contributed by atoms with Crippen LogP contribution in [0.25, 0.3) is 0 Å². The van der Waals surface area contributed by atoms with Crippen LogP contribution in [-0.4, -0.2) is 30.5 Å². The molecular formula is C10H19NO3. The van der Waals surface area contributed by atoms with Crippen molar-refractivity contribution in [3.8, 4) is 0 Å². The predicted molar refractivity (Wildman–Crippen MR) is 53.0 cm³/mol. The van der Waals surface area contributed by atoms with Crippen LogP contribution in [-0.2, 0) is 4.74 Å². The van der Waals surface area contributed by atoms with Crippen LogP contribution in [0.5, 0.6) is 0 Å². The monoisotopic (exact) mass is 201 g/mol. The van der Waals surface area contributed by atoms with Crippen LogP contribution in [0.4, 0.5) is 4.79 Å². The van der Waals surface area contributed by atoms with E-state index >= 15 is 0 Å². The van der Waals surface area contributed by atoms with Gasteiger partial charge in [0.15, 0.2) is 0 Å². The van der Waals surface area contributed by atoms with Gasteiger partial charge in [0.25, 0.3) is 0 Å². The van der Waals surface area contributed by atoms with Crippen LogP contribution in [0, 0.1) is 5.41 Å². The van der Waals surface area contributed by atoms with E-state index in [9.17, 15) is 4.79 Å². The topological polar surface area (TPSA) is 58.6 Å². The molecule has 1 amide bonds. The number of nitrogens with one attached hydrogen (secondary N) is 1. The van der Waals surface area contributed by atoms with E-state index in [0.29, 0.717) is 5.41 Å². The maximum Gasteiger partial charge on any atom is 0.407 e. The lowest BCUT2D eigenvalue weighted by molar-refractivity contribution is 0.116. The Kier molecular flexibility index (Phi) is 3.75. The number of carbonyl (C=O) groups excluding carboxylic acids is 1. The first-order valence-electron chi connectivity index (χ1n) is 5.08. The normalized spacial score (nSPS) is 24.6. The van der Waals surface area contributed by atoms with Crippen LogP contribution in [0.2, 0.25) is 0 Å². The molecule has 0 aromatic heterocycles. The first-order chi connectivity index (χ1) is 6.53. The Morgan fingerprint density at radius 1 is 1.64 bits per heavy atom. The minimum absolute atomic E-state index is 0.0714. The molecule has 1 atom stereocenters. The zero-order valence-electron chi connectivity index (χ0n) is 8.88. The summed E-state index contributed by atoms with van der Waals surface area (Å²) in [6, 6.07) is 0.233. The standard InChI is InChI=1S/C10H19NO3/c1-10(2)4-3-8(7-10)11-9(13)14-6-5-12/h8,12H,3-7H2,1-2H3,(H,11,13). The van der Waals surface area contributed by atoms with Crippen LogP contribution >= 0.6 is 0 Å². The predicted octanol–water partition coefficient (Wildman–Crippen LogP) is 1.28. The second kappa shape index (κ2) is 4.64. The average molecular weight is 201 g/mol. The summed E-state index contributed by atoms with van der Waals surface area (Å²) in [5, 5.41) is 11.3. The van der Waals surface area contributed by atoms with Crippen molar-refractivity contribution < 1.29 is 14.6 Å². The van der Waals surface area contributed by atoms with Gasteiger partial charge in [-0.05, 0) is 24.7 Å². The summed E-state index contributed by atoms with van der Waals surface area (Å²) in [6.07, 6.45) is 2.74. The maximum absolute atomic E-state index is 11.1. The largest absolute Gasteiger partial charge is 0.447 e. The molecule has 0 aromatic rings. The molecule has 2 N–H and O–H groups in total. The number of rotatable bonds is 3. The van der Waals surface area contributed by atoms with E-state index in [1.807, 2.05) is 0 Å². The van der Waals surface area contributed by atoms with Crippen LogP contribution in [0.15, 0.2) is 0 Å². The highest BCUT2D eigenvalue weighted by molar-refractivity contribution is 5.67. The van der Waals surface area contributed by atoms with Gasteiger partial charge >= 0.3 is 6.09 Å². The van der Waals surface area contributed by atoms with Crippen molar-refractivity contribution in [1.29, 1.82) is 0 Å². The average Bonchev–Trinajstić information content (AvgIpc) is 2.42. The van der Waals surface area contributed by atoms with Gasteiger partial charge in [-0.25, -0.2) is 4.79 Å². The number of aliphatic hydroxyl groups is 1. The Balaban J connectivity index is 2.22. The molecule has 1 aliphatic rings. The molecule has 1 fully saturated rings. The molecule has 0 radical (unpaired) electrons. The van der Waals surface area contributed by atoms with Crippen molar-refractivity contribution in [3.05, 3.63) is 0 Å². The fraction of sp³-hybridized carbons (Fsp3) is 0.900. The molecule has 0 heterocycles. The van der Waals surface area contributed by atoms with Crippen molar-refractivity contribution in [2.75, 3.05) is 13.2 Å². The first kappa shape index (κ1) is 11.3. The highest BCUT2D eigenvalue weighted by atomic mass is 16.6. The Morgan fingerprint density at radius 2 is 2.36 bits per heavy atom. The minimum atomic E-state index is -0.415. The first-order valence-corrected chi connectivity index (χ1v) is 5.08. The second-order valence-electron chi connectivity index (χ2n) is 4.61. The van der Waals surface area contributed by atoms with Gasteiger partial charge in [0.1, 0.15) is 6.61 Å². The van der Waals surface area contributed by atoms with E-state index < -0.39 is 6.09 Å². The molecule has 4 nitrogen and oxygen atoms in total. The van der Waals surface area contributed by atoms with Crippen LogP contribution in [0.3, 0.4) is 0 Å². The summed E-state index contributed by atoms with van der Waals surface area (Å²) in [5.74, 6) is 0. The Hall–Kier alpha value is -0.770. The summed E-state index contributed by atoms with van der Waals surface area (Å²) in [7, 11) is 0. The highest BCUT2D eigenvalue weighted by Gasteiger charge is 2.31. The highest BCUT2D eigenvalue weighted by Crippen LogP contribution is 2.36. The molecule has 0 bridgehead atoms. The van der Waals surface area contributed by atoms with Crippen molar-refractivity contribution in [2.24, 2.45) is 5.41 Å². The summed E-state index contributed by atoms with van der Waals surface area (Å²) in [6.45, 7) is 4.35. The molecule has 0 spiro atoms. The fourth-order valence-electron chi connectivity index (χ4n) is 1.91. The van der Waals surface area contributed by atoms with E-state index in [-0.39, 0.29) is 19.3 Å². The Morgan fingerprint density at radius 3 is 2.86 bits per heavy atom. The van der Waals surface area contributed by atoms with Gasteiger partial charge < -0.3 is 15.2 Å². The van der Waals surface area contributed by atoms with Gasteiger partial charge in [-0.15, -0.1) is 0 Å². The lowest BCUT2D eigenvalue weighted by atomic mass is 9.92. The fourth-order valence-corrected chi connectivity index (χ4v) is 1.91. The number of amides is 1. The molecule has 82 valence electrons. The van der Waals surface area contributed by atoms with E-state index in [4.69, 9.17) is 9.84 Å². The summed E-state index contributed by atoms with van der Waals surface area (Å²) in [5.41, 5.74) is 0.328. The quantitative estimate of drug-likeness (QED) is 0.723. The Bertz CT molecular complexity index is 204. The molecule has 4 heteroatoms. The van der Waals surface area contributed by atoms with Gasteiger partial charge in [-0.2, -0.15) is 0 Å². The van der Waals surface area contributed by atoms with E-state index in [2.05, 4.69) is 19.2 Å². The molecule has 1 saturated carbocycles. The van der Waals surface area contributed by atoms with Gasteiger partial charge in [-0.3, -0.25) is 0 Å². The Labute approximate surface area is 84.6 Å². The molecule has 1 aliphatic carbocycles. The summed E-state index contributed by atoms with van der Waals surface area (Å²) < 4.78 is 4.72. The molecule has 1 unspecified atom stereocenters. The SMILES string of the molecule is CC1(C)CCC(NC(=O)OCCO)C1. The van der Waals surface area contributed by atoms with Crippen molar-refractivity contribution in [1.82, 2.24) is 5.32 Å². The number of carbonyl (C=O) groups is 1. The van der Waals surface area contributed by atoms with Crippen molar-refractivity contribution in [2.45, 2.75) is 39.2 Å². The minimum Gasteiger partial charge on any atom is -0.447 e. The third-order valence-electron chi connectivity index (χ3n) is 2.61. The number of hydrogen-bond donors (Lipinski definition) is 2. The smallest absolute Gasteiger partial charge is 0.407 e. The molecule has 0 aromatic carbocycles. The third kappa shape index (κ3) is 3.54. The van der Waals surface area contributed by atoms with Gasteiger partial charge in [0.05, 0.1) is 6.61 Å². The number of aliphatic hydroxyl groups excluding tert-OH is 1. The van der Waals surface area contributed by atoms with E-state index in [1.54, 1.807) is 0 Å². The number of ether oxygens (including phenoxy) is 1. The van der Waals surface area contributed by atoms with Gasteiger partial charge in [0.2, 0.25) is 0 Å². The summed E-state index contributed by atoms with van der Waals surface area (Å²) in [4.78, 5) is 11.1. The molecule has 0 aliphatic heterocycles. The second-order valence-corrected chi connectivity index (χ2v) is 4.61. The molecule has 14 heavy (non-hydrogen) atoms. The molecule has 0 saturated heterocycles. The van der Waals surface area contributed by atoms with Crippen molar-refractivity contribution in [3.63, 3.8) is 0 Å². The molecule has 1 rings (SSSR count). The van der Waals surface area contributed by atoms with Crippen molar-refractivity contribution >= 4 is 6.09 Å². The van der Waals surface area contributed by atoms with E-state index in [0.717, 1.165) is 19.3 Å².